The molecule has 1 aromatic carbocycles. The Morgan fingerprint density at radius 2 is 1.90 bits per heavy atom. The second-order valence-corrected chi connectivity index (χ2v) is 7.45. The second-order valence-electron chi connectivity index (χ2n) is 3.93. The number of halogens is 1. The molecule has 1 aromatic heterocycles. The Balaban J connectivity index is 2.10. The summed E-state index contributed by atoms with van der Waals surface area (Å²) in [5, 5.41) is 0. The Hall–Kier alpha value is -1.35. The first-order valence-electron chi connectivity index (χ1n) is 5.52. The molecule has 8 heteroatoms. The normalized spacial score (nSPS) is 11.4. The van der Waals surface area contributed by atoms with Crippen LogP contribution >= 0.6 is 23.6 Å². The number of nitrogens with two attached hydrogens (primary N) is 1. The van der Waals surface area contributed by atoms with Crippen LogP contribution in [0.1, 0.15) is 10.4 Å². The van der Waals surface area contributed by atoms with Gasteiger partial charge < -0.3 is 5.73 Å². The maximum absolute atomic E-state index is 12.7. The fourth-order valence-corrected chi connectivity index (χ4v) is 3.86. The summed E-state index contributed by atoms with van der Waals surface area (Å²) >= 11 is 5.80. The van der Waals surface area contributed by atoms with E-state index in [1.165, 1.54) is 30.3 Å². The van der Waals surface area contributed by atoms with Crippen molar-refractivity contribution in [2.45, 2.75) is 10.8 Å². The molecule has 0 aliphatic heterocycles. The van der Waals surface area contributed by atoms with E-state index in [-0.39, 0.29) is 21.6 Å². The standard InChI is InChI=1S/C12H11FN2O2S3/c13-9-3-1-8(2-4-9)7-15-20(16,17)11-6-5-10(19-11)12(14)18/h1-6,15H,7H2,(H2,14,18). The summed E-state index contributed by atoms with van der Waals surface area (Å²) in [4.78, 5) is 0.706. The largest absolute Gasteiger partial charge is 0.389 e. The topological polar surface area (TPSA) is 72.2 Å². The number of sulfonamides is 1. The van der Waals surface area contributed by atoms with E-state index in [2.05, 4.69) is 4.72 Å². The highest BCUT2D eigenvalue weighted by Gasteiger charge is 2.17. The monoisotopic (exact) mass is 330 g/mol. The molecule has 1 heterocycles. The number of thiocarbonyl (C=S) groups is 1. The van der Waals surface area contributed by atoms with E-state index in [1.54, 1.807) is 6.07 Å². The van der Waals surface area contributed by atoms with E-state index in [4.69, 9.17) is 18.0 Å². The minimum absolute atomic E-state index is 0.0862. The molecule has 106 valence electrons. The molecule has 20 heavy (non-hydrogen) atoms. The van der Waals surface area contributed by atoms with Gasteiger partial charge in [-0.15, -0.1) is 11.3 Å². The van der Waals surface area contributed by atoms with Gasteiger partial charge in [0.2, 0.25) is 10.0 Å². The van der Waals surface area contributed by atoms with Crippen molar-refractivity contribution in [2.24, 2.45) is 5.73 Å². The quantitative estimate of drug-likeness (QED) is 0.823. The van der Waals surface area contributed by atoms with E-state index in [9.17, 15) is 12.8 Å². The smallest absolute Gasteiger partial charge is 0.250 e. The van der Waals surface area contributed by atoms with Gasteiger partial charge in [0.15, 0.2) is 0 Å². The lowest BCUT2D eigenvalue weighted by Crippen LogP contribution is -2.22. The van der Waals surface area contributed by atoms with Gasteiger partial charge in [-0.05, 0) is 29.8 Å². The number of benzene rings is 1. The zero-order valence-electron chi connectivity index (χ0n) is 10.2. The third-order valence-electron chi connectivity index (χ3n) is 2.47. The lowest BCUT2D eigenvalue weighted by molar-refractivity contribution is 0.583. The van der Waals surface area contributed by atoms with Crippen LogP contribution in [0.15, 0.2) is 40.6 Å². The van der Waals surface area contributed by atoms with E-state index >= 15 is 0 Å². The van der Waals surface area contributed by atoms with Crippen molar-refractivity contribution in [1.29, 1.82) is 0 Å². The number of hydrogen-bond donors (Lipinski definition) is 2. The van der Waals surface area contributed by atoms with Gasteiger partial charge in [0.25, 0.3) is 0 Å². The van der Waals surface area contributed by atoms with E-state index in [0.29, 0.717) is 10.4 Å². The molecule has 0 radical (unpaired) electrons. The lowest BCUT2D eigenvalue weighted by atomic mass is 10.2. The average Bonchev–Trinajstić information content (AvgIpc) is 2.89. The van der Waals surface area contributed by atoms with Crippen LogP contribution in [0.3, 0.4) is 0 Å². The second kappa shape index (κ2) is 5.96. The molecule has 3 N–H and O–H groups in total. The van der Waals surface area contributed by atoms with Gasteiger partial charge in [0.05, 0.1) is 4.88 Å². The van der Waals surface area contributed by atoms with Crippen LogP contribution in [0.5, 0.6) is 0 Å². The summed E-state index contributed by atoms with van der Waals surface area (Å²) in [5.41, 5.74) is 6.11. The zero-order chi connectivity index (χ0) is 14.8. The molecule has 0 saturated heterocycles. The minimum atomic E-state index is -3.62. The van der Waals surface area contributed by atoms with E-state index < -0.39 is 10.0 Å². The predicted octanol–water partition coefficient (Wildman–Crippen LogP) is 2.00. The first-order valence-corrected chi connectivity index (χ1v) is 8.23. The Morgan fingerprint density at radius 1 is 1.25 bits per heavy atom. The van der Waals surface area contributed by atoms with Crippen molar-refractivity contribution in [3.05, 3.63) is 52.7 Å². The van der Waals surface area contributed by atoms with Gasteiger partial charge in [-0.25, -0.2) is 17.5 Å². The lowest BCUT2D eigenvalue weighted by Gasteiger charge is -2.04. The molecule has 2 rings (SSSR count). The van der Waals surface area contributed by atoms with Crippen molar-refractivity contribution in [3.63, 3.8) is 0 Å². The molecular formula is C12H11FN2O2S3. The van der Waals surface area contributed by atoms with Crippen LogP contribution in [0.2, 0.25) is 0 Å². The van der Waals surface area contributed by atoms with Gasteiger partial charge in [0, 0.05) is 6.54 Å². The summed E-state index contributed by atoms with van der Waals surface area (Å²) in [6, 6.07) is 8.62. The summed E-state index contributed by atoms with van der Waals surface area (Å²) in [5.74, 6) is -0.365. The van der Waals surface area contributed by atoms with E-state index in [1.807, 2.05) is 0 Å². The minimum Gasteiger partial charge on any atom is -0.389 e. The molecule has 0 unspecified atom stereocenters. The summed E-state index contributed by atoms with van der Waals surface area (Å²) in [7, 11) is -3.62. The van der Waals surface area contributed by atoms with Gasteiger partial charge in [-0.3, -0.25) is 0 Å². The van der Waals surface area contributed by atoms with Crippen LogP contribution in [0.4, 0.5) is 4.39 Å². The molecule has 0 bridgehead atoms. The van der Waals surface area contributed by atoms with Crippen LogP contribution < -0.4 is 10.5 Å². The van der Waals surface area contributed by atoms with Crippen molar-refractivity contribution in [2.75, 3.05) is 0 Å². The van der Waals surface area contributed by atoms with E-state index in [0.717, 1.165) is 11.3 Å². The fourth-order valence-electron chi connectivity index (χ4n) is 1.45. The summed E-state index contributed by atoms with van der Waals surface area (Å²) < 4.78 is 39.4. The molecule has 4 nitrogen and oxygen atoms in total. The molecular weight excluding hydrogens is 319 g/mol. The van der Waals surface area contributed by atoms with Gasteiger partial charge in [-0.1, -0.05) is 24.4 Å². The zero-order valence-corrected chi connectivity index (χ0v) is 12.6. The summed E-state index contributed by atoms with van der Waals surface area (Å²) in [6.07, 6.45) is 0. The van der Waals surface area contributed by atoms with Gasteiger partial charge in [-0.2, -0.15) is 0 Å². The Labute approximate surface area is 125 Å². The Kier molecular flexibility index (Phi) is 4.48. The molecule has 0 fully saturated rings. The SMILES string of the molecule is NC(=S)c1ccc(S(=O)(=O)NCc2ccc(F)cc2)s1. The van der Waals surface area contributed by atoms with Crippen molar-refractivity contribution < 1.29 is 12.8 Å². The van der Waals surface area contributed by atoms with Gasteiger partial charge in [0.1, 0.15) is 15.0 Å². The van der Waals surface area contributed by atoms with Crippen molar-refractivity contribution in [1.82, 2.24) is 4.72 Å². The third kappa shape index (κ3) is 3.60. The molecule has 0 amide bonds. The van der Waals surface area contributed by atoms with Gasteiger partial charge >= 0.3 is 0 Å². The third-order valence-corrected chi connectivity index (χ3v) is 5.83. The molecule has 2 aromatic rings. The highest BCUT2D eigenvalue weighted by Crippen LogP contribution is 2.21. The highest BCUT2D eigenvalue weighted by molar-refractivity contribution is 7.91. The maximum atomic E-state index is 12.7. The predicted molar refractivity (Wildman–Crippen MR) is 80.6 cm³/mol. The number of hydrogen-bond acceptors (Lipinski definition) is 4. The van der Waals surface area contributed by atoms with Crippen LogP contribution in [-0.2, 0) is 16.6 Å². The summed E-state index contributed by atoms with van der Waals surface area (Å²) in [6.45, 7) is 0.0862. The molecule has 0 aliphatic rings. The molecule has 0 atom stereocenters. The van der Waals surface area contributed by atoms with Crippen molar-refractivity contribution in [3.8, 4) is 0 Å². The molecule has 0 spiro atoms. The number of nitrogens with one attached hydrogen (secondary N) is 1. The first-order chi connectivity index (χ1) is 9.38. The fraction of sp³-hybridized carbons (Fsp3) is 0.0833. The first kappa shape index (κ1) is 15.0. The highest BCUT2D eigenvalue weighted by atomic mass is 32.2. The maximum Gasteiger partial charge on any atom is 0.250 e. The number of thiophene rings is 1. The van der Waals surface area contributed by atoms with Crippen LogP contribution in [-0.4, -0.2) is 13.4 Å². The van der Waals surface area contributed by atoms with Crippen molar-refractivity contribution >= 4 is 38.6 Å². The average molecular weight is 330 g/mol. The van der Waals surface area contributed by atoms with Crippen LogP contribution in [0, 0.1) is 5.82 Å². The molecule has 0 saturated carbocycles. The Morgan fingerprint density at radius 3 is 2.45 bits per heavy atom. The molecule has 0 aliphatic carbocycles. The number of rotatable bonds is 5. The van der Waals surface area contributed by atoms with Crippen LogP contribution in [0.25, 0.3) is 0 Å². The Bertz CT molecular complexity index is 723.